The molecule has 1 unspecified atom stereocenters. The van der Waals surface area contributed by atoms with Gasteiger partial charge in [0.25, 0.3) is 0 Å². The van der Waals surface area contributed by atoms with Crippen molar-refractivity contribution < 1.29 is 0 Å². The van der Waals surface area contributed by atoms with Gasteiger partial charge in [-0.2, -0.15) is 0 Å². The van der Waals surface area contributed by atoms with Crippen LogP contribution >= 0.6 is 0 Å². The van der Waals surface area contributed by atoms with E-state index in [0.29, 0.717) is 12.1 Å². The van der Waals surface area contributed by atoms with Gasteiger partial charge in [0.05, 0.1) is 0 Å². The van der Waals surface area contributed by atoms with E-state index in [4.69, 9.17) is 5.73 Å². The molecule has 2 aromatic rings. The fourth-order valence-electron chi connectivity index (χ4n) is 2.92. The smallest absolute Gasteiger partial charge is 0.0340 e. The highest BCUT2D eigenvalue weighted by Crippen LogP contribution is 2.31. The maximum atomic E-state index is 6.25. The summed E-state index contributed by atoms with van der Waals surface area (Å²) in [6.45, 7) is 0. The van der Waals surface area contributed by atoms with Crippen molar-refractivity contribution in [2.24, 2.45) is 5.73 Å². The van der Waals surface area contributed by atoms with Crippen LogP contribution in [-0.4, -0.2) is 6.04 Å². The Bertz CT molecular complexity index is 462. The third kappa shape index (κ3) is 2.86. The van der Waals surface area contributed by atoms with Gasteiger partial charge in [0.1, 0.15) is 0 Å². The first-order valence-corrected chi connectivity index (χ1v) is 6.94. The molecule has 3 N–H and O–H groups in total. The molecular weight excluding hydrogens is 232 g/mol. The Hall–Kier alpha value is -1.64. The van der Waals surface area contributed by atoms with Gasteiger partial charge in [-0.1, -0.05) is 60.7 Å². The Morgan fingerprint density at radius 2 is 1.16 bits per heavy atom. The Balaban J connectivity index is 1.82. The molecule has 3 rings (SSSR count). The van der Waals surface area contributed by atoms with E-state index in [1.807, 2.05) is 0 Å². The van der Waals surface area contributed by atoms with Gasteiger partial charge in [-0.05, 0) is 24.0 Å². The van der Waals surface area contributed by atoms with Crippen molar-refractivity contribution in [3.8, 4) is 0 Å². The summed E-state index contributed by atoms with van der Waals surface area (Å²) in [5.41, 5.74) is 8.91. The molecule has 0 aliphatic carbocycles. The molecule has 1 heterocycles. The predicted molar refractivity (Wildman–Crippen MR) is 78.7 cm³/mol. The zero-order valence-corrected chi connectivity index (χ0v) is 11.0. The zero-order valence-electron chi connectivity index (χ0n) is 11.0. The van der Waals surface area contributed by atoms with Gasteiger partial charge < -0.3 is 11.1 Å². The third-order valence-corrected chi connectivity index (χ3v) is 3.88. The number of benzene rings is 2. The Kier molecular flexibility index (Phi) is 3.62. The topological polar surface area (TPSA) is 38.0 Å². The lowest BCUT2D eigenvalue weighted by molar-refractivity contribution is 0.297. The van der Waals surface area contributed by atoms with Crippen molar-refractivity contribution in [2.75, 3.05) is 0 Å². The quantitative estimate of drug-likeness (QED) is 0.861. The molecule has 0 bridgehead atoms. The molecule has 0 amide bonds. The largest absolute Gasteiger partial charge is 0.328 e. The highest BCUT2D eigenvalue weighted by Gasteiger charge is 2.27. The first kappa shape index (κ1) is 12.4. The summed E-state index contributed by atoms with van der Waals surface area (Å²) >= 11 is 0. The standard InChI is InChI=1S/C17H20N2/c18-15-11-16(13-7-3-1-4-8-13)19-17(12-15)14-9-5-2-6-10-14/h1-10,15-17,19H,11-12,18H2/t15?,16-,17+. The fraction of sp³-hybridized carbons (Fsp3) is 0.294. The number of rotatable bonds is 2. The van der Waals surface area contributed by atoms with E-state index in [0.717, 1.165) is 12.8 Å². The van der Waals surface area contributed by atoms with Gasteiger partial charge >= 0.3 is 0 Å². The molecule has 0 saturated carbocycles. The maximum Gasteiger partial charge on any atom is 0.0340 e. The predicted octanol–water partition coefficient (Wildman–Crippen LogP) is 3.18. The molecule has 1 aliphatic heterocycles. The molecule has 2 heteroatoms. The molecule has 0 aromatic heterocycles. The highest BCUT2D eigenvalue weighted by molar-refractivity contribution is 5.24. The first-order chi connectivity index (χ1) is 9.33. The molecule has 0 spiro atoms. The van der Waals surface area contributed by atoms with Crippen LogP contribution in [0.15, 0.2) is 60.7 Å². The minimum atomic E-state index is 0.261. The number of hydrogen-bond acceptors (Lipinski definition) is 2. The average Bonchev–Trinajstić information content (AvgIpc) is 2.48. The van der Waals surface area contributed by atoms with Crippen molar-refractivity contribution in [3.63, 3.8) is 0 Å². The molecule has 1 saturated heterocycles. The van der Waals surface area contributed by atoms with Crippen molar-refractivity contribution >= 4 is 0 Å². The lowest BCUT2D eigenvalue weighted by Crippen LogP contribution is -2.41. The van der Waals surface area contributed by atoms with Crippen molar-refractivity contribution in [2.45, 2.75) is 31.0 Å². The monoisotopic (exact) mass is 252 g/mol. The molecule has 19 heavy (non-hydrogen) atoms. The van der Waals surface area contributed by atoms with Crippen LogP contribution in [-0.2, 0) is 0 Å². The Morgan fingerprint density at radius 3 is 1.58 bits per heavy atom. The van der Waals surface area contributed by atoms with Crippen LogP contribution in [0.5, 0.6) is 0 Å². The van der Waals surface area contributed by atoms with Gasteiger partial charge in [0.2, 0.25) is 0 Å². The molecule has 2 nitrogen and oxygen atoms in total. The minimum absolute atomic E-state index is 0.261. The summed E-state index contributed by atoms with van der Waals surface area (Å²) in [6, 6.07) is 22.2. The second kappa shape index (κ2) is 5.55. The molecule has 1 fully saturated rings. The number of hydrogen-bond donors (Lipinski definition) is 2. The summed E-state index contributed by atoms with van der Waals surface area (Å²) in [7, 11) is 0. The zero-order chi connectivity index (χ0) is 13.1. The molecule has 1 aliphatic rings. The molecule has 2 aromatic carbocycles. The van der Waals surface area contributed by atoms with Crippen molar-refractivity contribution in [3.05, 3.63) is 71.8 Å². The SMILES string of the molecule is NC1C[C@@H](c2ccccc2)N[C@@H](c2ccccc2)C1. The van der Waals surface area contributed by atoms with Crippen LogP contribution < -0.4 is 11.1 Å². The summed E-state index contributed by atoms with van der Waals surface area (Å²) in [6.07, 6.45) is 2.01. The Morgan fingerprint density at radius 1 is 0.737 bits per heavy atom. The van der Waals surface area contributed by atoms with Gasteiger partial charge in [-0.15, -0.1) is 0 Å². The molecular formula is C17H20N2. The fourth-order valence-corrected chi connectivity index (χ4v) is 2.92. The molecule has 3 atom stereocenters. The lowest BCUT2D eigenvalue weighted by atomic mass is 9.87. The summed E-state index contributed by atoms with van der Waals surface area (Å²) in [5.74, 6) is 0. The van der Waals surface area contributed by atoms with Crippen LogP contribution in [0.4, 0.5) is 0 Å². The average molecular weight is 252 g/mol. The normalized spacial score (nSPS) is 27.1. The van der Waals surface area contributed by atoms with E-state index < -0.39 is 0 Å². The van der Waals surface area contributed by atoms with E-state index in [2.05, 4.69) is 66.0 Å². The van der Waals surface area contributed by atoms with Gasteiger partial charge in [-0.25, -0.2) is 0 Å². The minimum Gasteiger partial charge on any atom is -0.328 e. The van der Waals surface area contributed by atoms with Crippen LogP contribution in [0.3, 0.4) is 0 Å². The first-order valence-electron chi connectivity index (χ1n) is 6.94. The van der Waals surface area contributed by atoms with Crippen molar-refractivity contribution in [1.82, 2.24) is 5.32 Å². The highest BCUT2D eigenvalue weighted by atomic mass is 15.0. The van der Waals surface area contributed by atoms with E-state index in [1.165, 1.54) is 11.1 Å². The third-order valence-electron chi connectivity index (χ3n) is 3.88. The van der Waals surface area contributed by atoms with E-state index >= 15 is 0 Å². The van der Waals surface area contributed by atoms with Gasteiger partial charge in [0, 0.05) is 18.1 Å². The van der Waals surface area contributed by atoms with Gasteiger partial charge in [-0.3, -0.25) is 0 Å². The lowest BCUT2D eigenvalue weighted by Gasteiger charge is -2.35. The van der Waals surface area contributed by atoms with E-state index in [-0.39, 0.29) is 6.04 Å². The second-order valence-electron chi connectivity index (χ2n) is 5.32. The summed E-state index contributed by atoms with van der Waals surface area (Å²) < 4.78 is 0. The van der Waals surface area contributed by atoms with Crippen LogP contribution in [0.2, 0.25) is 0 Å². The van der Waals surface area contributed by atoms with Gasteiger partial charge in [0.15, 0.2) is 0 Å². The summed E-state index contributed by atoms with van der Waals surface area (Å²) in [5, 5.41) is 3.74. The second-order valence-corrected chi connectivity index (χ2v) is 5.32. The Labute approximate surface area is 114 Å². The van der Waals surface area contributed by atoms with Crippen LogP contribution in [0.25, 0.3) is 0 Å². The van der Waals surface area contributed by atoms with Crippen LogP contribution in [0, 0.1) is 0 Å². The molecule has 0 radical (unpaired) electrons. The van der Waals surface area contributed by atoms with Crippen LogP contribution in [0.1, 0.15) is 36.1 Å². The number of nitrogens with one attached hydrogen (secondary N) is 1. The number of piperidine rings is 1. The van der Waals surface area contributed by atoms with E-state index in [1.54, 1.807) is 0 Å². The van der Waals surface area contributed by atoms with E-state index in [9.17, 15) is 0 Å². The maximum absolute atomic E-state index is 6.25. The van der Waals surface area contributed by atoms with Crippen molar-refractivity contribution in [1.29, 1.82) is 0 Å². The summed E-state index contributed by atoms with van der Waals surface area (Å²) in [4.78, 5) is 0. The molecule has 98 valence electrons. The number of nitrogens with two attached hydrogens (primary N) is 1.